The molecule has 0 aliphatic heterocycles. The van der Waals surface area contributed by atoms with Crippen LogP contribution in [0.1, 0.15) is 45.2 Å². The molecule has 5 nitrogen and oxygen atoms in total. The number of carboxylic acid groups (broad SMARTS) is 1. The van der Waals surface area contributed by atoms with Crippen molar-refractivity contribution in [1.82, 2.24) is 15.1 Å². The lowest BCUT2D eigenvalue weighted by molar-refractivity contribution is -0.147. The molecule has 0 aromatic carbocycles. The van der Waals surface area contributed by atoms with Crippen LogP contribution < -0.4 is 5.32 Å². The molecule has 0 amide bonds. The molecule has 0 bridgehead atoms. The standard InChI is InChI=1S/C15H25N3O2/c1-11(2)17-15(14(19)20)8-4-5-13(15)7-10-18-12(3)6-9-16-18/h6,9,11,13,17H,4-5,7-8,10H2,1-3H3,(H,19,20). The average Bonchev–Trinajstić information content (AvgIpc) is 2.93. The number of aliphatic carboxylic acids is 1. The molecule has 1 aliphatic carbocycles. The van der Waals surface area contributed by atoms with Gasteiger partial charge >= 0.3 is 5.97 Å². The van der Waals surface area contributed by atoms with Gasteiger partial charge in [-0.05, 0) is 52.0 Å². The molecular formula is C15H25N3O2. The maximum absolute atomic E-state index is 11.8. The van der Waals surface area contributed by atoms with Crippen molar-refractivity contribution in [3.8, 4) is 0 Å². The van der Waals surface area contributed by atoms with Crippen molar-refractivity contribution in [3.63, 3.8) is 0 Å². The second kappa shape index (κ2) is 5.95. The van der Waals surface area contributed by atoms with Gasteiger partial charge in [0.1, 0.15) is 5.54 Å². The van der Waals surface area contributed by atoms with Crippen LogP contribution in [-0.4, -0.2) is 32.4 Å². The first kappa shape index (κ1) is 15.0. The van der Waals surface area contributed by atoms with Gasteiger partial charge < -0.3 is 5.11 Å². The quantitative estimate of drug-likeness (QED) is 0.837. The molecule has 1 aliphatic rings. The third kappa shape index (κ3) is 2.87. The Kier molecular flexibility index (Phi) is 4.48. The van der Waals surface area contributed by atoms with Gasteiger partial charge in [-0.1, -0.05) is 6.42 Å². The molecular weight excluding hydrogens is 254 g/mol. The van der Waals surface area contributed by atoms with E-state index in [1.807, 2.05) is 31.5 Å². The summed E-state index contributed by atoms with van der Waals surface area (Å²) in [4.78, 5) is 11.8. The first-order valence-electron chi connectivity index (χ1n) is 7.45. The van der Waals surface area contributed by atoms with Crippen LogP contribution in [-0.2, 0) is 11.3 Å². The van der Waals surface area contributed by atoms with Crippen molar-refractivity contribution < 1.29 is 9.90 Å². The number of hydrogen-bond donors (Lipinski definition) is 2. The number of rotatable bonds is 6. The summed E-state index contributed by atoms with van der Waals surface area (Å²) < 4.78 is 1.96. The molecule has 2 N–H and O–H groups in total. The smallest absolute Gasteiger partial charge is 0.324 e. The summed E-state index contributed by atoms with van der Waals surface area (Å²) in [5, 5.41) is 17.3. The number of carbonyl (C=O) groups is 1. The summed E-state index contributed by atoms with van der Waals surface area (Å²) in [6.45, 7) is 6.84. The third-order valence-corrected chi connectivity index (χ3v) is 4.37. The average molecular weight is 279 g/mol. The summed E-state index contributed by atoms with van der Waals surface area (Å²) in [5.41, 5.74) is 0.371. The van der Waals surface area contributed by atoms with Crippen molar-refractivity contribution in [3.05, 3.63) is 18.0 Å². The van der Waals surface area contributed by atoms with Crippen molar-refractivity contribution in [1.29, 1.82) is 0 Å². The predicted molar refractivity (Wildman–Crippen MR) is 77.6 cm³/mol. The van der Waals surface area contributed by atoms with E-state index in [2.05, 4.69) is 10.4 Å². The maximum Gasteiger partial charge on any atom is 0.324 e. The van der Waals surface area contributed by atoms with Crippen LogP contribution in [0.4, 0.5) is 0 Å². The number of carboxylic acids is 1. The van der Waals surface area contributed by atoms with E-state index in [1.165, 1.54) is 0 Å². The number of aryl methyl sites for hydroxylation is 2. The summed E-state index contributed by atoms with van der Waals surface area (Å²) in [5.74, 6) is -0.531. The molecule has 1 aromatic heterocycles. The number of nitrogens with one attached hydrogen (secondary N) is 1. The SMILES string of the molecule is Cc1ccnn1CCC1CCCC1(NC(C)C)C(=O)O. The van der Waals surface area contributed by atoms with E-state index in [-0.39, 0.29) is 12.0 Å². The van der Waals surface area contributed by atoms with Gasteiger partial charge in [0.05, 0.1) is 0 Å². The summed E-state index contributed by atoms with van der Waals surface area (Å²) in [6.07, 6.45) is 5.33. The van der Waals surface area contributed by atoms with Crippen LogP contribution >= 0.6 is 0 Å². The molecule has 0 radical (unpaired) electrons. The highest BCUT2D eigenvalue weighted by Gasteiger charge is 2.48. The Morgan fingerprint density at radius 2 is 2.40 bits per heavy atom. The molecule has 1 fully saturated rings. The molecule has 112 valence electrons. The third-order valence-electron chi connectivity index (χ3n) is 4.37. The molecule has 0 spiro atoms. The van der Waals surface area contributed by atoms with Gasteiger partial charge in [0.15, 0.2) is 0 Å². The zero-order valence-corrected chi connectivity index (χ0v) is 12.6. The van der Waals surface area contributed by atoms with Crippen molar-refractivity contribution >= 4 is 5.97 Å². The van der Waals surface area contributed by atoms with Crippen molar-refractivity contribution in [2.24, 2.45) is 5.92 Å². The van der Waals surface area contributed by atoms with Crippen molar-refractivity contribution in [2.75, 3.05) is 0 Å². The maximum atomic E-state index is 11.8. The highest BCUT2D eigenvalue weighted by molar-refractivity contribution is 5.79. The zero-order chi connectivity index (χ0) is 14.8. The fraction of sp³-hybridized carbons (Fsp3) is 0.733. The number of aromatic nitrogens is 2. The monoisotopic (exact) mass is 279 g/mol. The minimum Gasteiger partial charge on any atom is -0.480 e. The lowest BCUT2D eigenvalue weighted by Gasteiger charge is -2.34. The molecule has 0 saturated heterocycles. The topological polar surface area (TPSA) is 67.2 Å². The first-order valence-corrected chi connectivity index (χ1v) is 7.45. The van der Waals surface area contributed by atoms with E-state index in [0.29, 0.717) is 0 Å². The molecule has 1 heterocycles. The fourth-order valence-corrected chi connectivity index (χ4v) is 3.43. The van der Waals surface area contributed by atoms with Crippen LogP contribution in [0.25, 0.3) is 0 Å². The molecule has 2 unspecified atom stereocenters. The molecule has 20 heavy (non-hydrogen) atoms. The van der Waals surface area contributed by atoms with E-state index in [9.17, 15) is 9.90 Å². The molecule has 2 atom stereocenters. The lowest BCUT2D eigenvalue weighted by Crippen LogP contribution is -2.57. The fourth-order valence-electron chi connectivity index (χ4n) is 3.43. The van der Waals surface area contributed by atoms with Crippen LogP contribution in [0.3, 0.4) is 0 Å². The van der Waals surface area contributed by atoms with Gasteiger partial charge in [0.25, 0.3) is 0 Å². The van der Waals surface area contributed by atoms with E-state index in [4.69, 9.17) is 0 Å². The Bertz CT molecular complexity index is 469. The molecule has 2 rings (SSSR count). The predicted octanol–water partition coefficient (Wildman–Crippen LogP) is 2.20. The molecule has 1 saturated carbocycles. The van der Waals surface area contributed by atoms with E-state index in [0.717, 1.165) is 37.9 Å². The normalized spacial score (nSPS) is 26.3. The van der Waals surface area contributed by atoms with Gasteiger partial charge in [0.2, 0.25) is 0 Å². The highest BCUT2D eigenvalue weighted by atomic mass is 16.4. The largest absolute Gasteiger partial charge is 0.480 e. The number of hydrogen-bond acceptors (Lipinski definition) is 3. The van der Waals surface area contributed by atoms with E-state index >= 15 is 0 Å². The van der Waals surface area contributed by atoms with Gasteiger partial charge in [-0.25, -0.2) is 0 Å². The van der Waals surface area contributed by atoms with Crippen molar-refractivity contribution in [2.45, 2.75) is 64.6 Å². The second-order valence-electron chi connectivity index (χ2n) is 6.15. The van der Waals surface area contributed by atoms with Crippen LogP contribution in [0, 0.1) is 12.8 Å². The van der Waals surface area contributed by atoms with E-state index < -0.39 is 11.5 Å². The summed E-state index contributed by atoms with van der Waals surface area (Å²) in [6, 6.07) is 2.16. The first-order chi connectivity index (χ1) is 9.45. The van der Waals surface area contributed by atoms with Crippen LogP contribution in [0.2, 0.25) is 0 Å². The Balaban J connectivity index is 2.08. The van der Waals surface area contributed by atoms with Crippen LogP contribution in [0.5, 0.6) is 0 Å². The molecule has 5 heteroatoms. The Morgan fingerprint density at radius 3 is 2.95 bits per heavy atom. The van der Waals surface area contributed by atoms with E-state index in [1.54, 1.807) is 6.20 Å². The second-order valence-corrected chi connectivity index (χ2v) is 6.15. The Hall–Kier alpha value is -1.36. The Labute approximate surface area is 120 Å². The number of nitrogens with zero attached hydrogens (tertiary/aromatic N) is 2. The summed E-state index contributed by atoms with van der Waals surface area (Å²) >= 11 is 0. The van der Waals surface area contributed by atoms with Crippen LogP contribution in [0.15, 0.2) is 12.3 Å². The van der Waals surface area contributed by atoms with Gasteiger partial charge in [-0.3, -0.25) is 14.8 Å². The minimum absolute atomic E-state index is 0.172. The van der Waals surface area contributed by atoms with Gasteiger partial charge in [-0.2, -0.15) is 5.10 Å². The summed E-state index contributed by atoms with van der Waals surface area (Å²) in [7, 11) is 0. The lowest BCUT2D eigenvalue weighted by atomic mass is 9.84. The Morgan fingerprint density at radius 1 is 1.65 bits per heavy atom. The van der Waals surface area contributed by atoms with Gasteiger partial charge in [0, 0.05) is 24.5 Å². The van der Waals surface area contributed by atoms with Gasteiger partial charge in [-0.15, -0.1) is 0 Å². The molecule has 1 aromatic rings. The minimum atomic E-state index is -0.755. The highest BCUT2D eigenvalue weighted by Crippen LogP contribution is 2.39. The zero-order valence-electron chi connectivity index (χ0n) is 12.6.